The number of imidazole rings is 1. The molecule has 2 saturated carbocycles. The molecule has 2 saturated heterocycles. The van der Waals surface area contributed by atoms with Gasteiger partial charge in [0.1, 0.15) is 27.0 Å². The summed E-state index contributed by atoms with van der Waals surface area (Å²) in [6.45, 7) is 1.92. The number of likely N-dealkylation sites (tertiary alicyclic amines) is 1. The third-order valence-electron chi connectivity index (χ3n) is 10.7. The summed E-state index contributed by atoms with van der Waals surface area (Å²) in [5.74, 6) is 2.02. The van der Waals surface area contributed by atoms with Gasteiger partial charge in [0, 0.05) is 61.6 Å². The van der Waals surface area contributed by atoms with Crippen molar-refractivity contribution in [1.29, 1.82) is 0 Å². The largest absolute Gasteiger partial charge is 0.494 e. The number of aromatic nitrogens is 5. The second kappa shape index (κ2) is 11.0. The quantitative estimate of drug-likeness (QED) is 0.238. The summed E-state index contributed by atoms with van der Waals surface area (Å²) in [6, 6.07) is 12.5. The first-order chi connectivity index (χ1) is 23.2. The Bertz CT molecular complexity index is 2210. The normalized spacial score (nSPS) is 23.0. The van der Waals surface area contributed by atoms with E-state index in [2.05, 4.69) is 20.2 Å². The number of rotatable bonds is 8. The van der Waals surface area contributed by atoms with E-state index in [0.29, 0.717) is 41.0 Å². The number of nitrogens with two attached hydrogens (primary N) is 1. The fourth-order valence-corrected chi connectivity index (χ4v) is 9.49. The lowest BCUT2D eigenvalue weighted by atomic mass is 10.1. The van der Waals surface area contributed by atoms with Crippen molar-refractivity contribution >= 4 is 49.6 Å². The van der Waals surface area contributed by atoms with Gasteiger partial charge < -0.3 is 24.5 Å². The molecule has 48 heavy (non-hydrogen) atoms. The van der Waals surface area contributed by atoms with E-state index in [9.17, 15) is 13.2 Å². The molecule has 3 atom stereocenters. The third kappa shape index (κ3) is 4.66. The molecule has 12 nitrogen and oxygen atoms in total. The third-order valence-corrected chi connectivity index (χ3v) is 12.7. The van der Waals surface area contributed by atoms with Gasteiger partial charge in [-0.15, -0.1) is 0 Å². The van der Waals surface area contributed by atoms with E-state index in [4.69, 9.17) is 32.0 Å². The lowest BCUT2D eigenvalue weighted by Crippen LogP contribution is -2.50. The Kier molecular flexibility index (Phi) is 6.88. The van der Waals surface area contributed by atoms with Crippen LogP contribution >= 0.6 is 11.6 Å². The van der Waals surface area contributed by atoms with Crippen LogP contribution in [0.3, 0.4) is 0 Å². The predicted molar refractivity (Wildman–Crippen MR) is 180 cm³/mol. The first-order valence-electron chi connectivity index (χ1n) is 16.4. The van der Waals surface area contributed by atoms with Crippen LogP contribution in [0.4, 0.5) is 0 Å². The molecule has 6 heterocycles. The number of benzene rings is 1. The van der Waals surface area contributed by atoms with Crippen LogP contribution in [-0.4, -0.2) is 86.4 Å². The van der Waals surface area contributed by atoms with Crippen molar-refractivity contribution in [2.75, 3.05) is 26.7 Å². The maximum atomic E-state index is 13.9. The summed E-state index contributed by atoms with van der Waals surface area (Å²) in [7, 11) is -2.20. The van der Waals surface area contributed by atoms with Crippen molar-refractivity contribution in [3.63, 3.8) is 0 Å². The summed E-state index contributed by atoms with van der Waals surface area (Å²) in [6.07, 6.45) is 7.39. The van der Waals surface area contributed by atoms with E-state index in [-0.39, 0.29) is 47.2 Å². The van der Waals surface area contributed by atoms with E-state index >= 15 is 0 Å². The van der Waals surface area contributed by atoms with E-state index < -0.39 is 10.0 Å². The number of hydrogen-bond donors (Lipinski definition) is 1. The molecule has 1 amide bonds. The minimum atomic E-state index is -3.79. The molecule has 4 aromatic heterocycles. The zero-order valence-corrected chi connectivity index (χ0v) is 27.9. The molecule has 5 aromatic rings. The number of sulfonamides is 1. The predicted octanol–water partition coefficient (Wildman–Crippen LogP) is 4.33. The van der Waals surface area contributed by atoms with Crippen molar-refractivity contribution in [2.24, 2.45) is 17.6 Å². The van der Waals surface area contributed by atoms with Gasteiger partial charge >= 0.3 is 0 Å². The zero-order valence-electron chi connectivity index (χ0n) is 26.4. The molecule has 14 heteroatoms. The number of nitrogens with zero attached hydrogens (tertiary/aromatic N) is 7. The smallest absolute Gasteiger partial charge is 0.254 e. The van der Waals surface area contributed by atoms with Gasteiger partial charge in [-0.3, -0.25) is 4.79 Å². The second-order valence-electron chi connectivity index (χ2n) is 13.6. The lowest BCUT2D eigenvalue weighted by molar-refractivity contribution is 0.0700. The molecule has 4 fully saturated rings. The van der Waals surface area contributed by atoms with Gasteiger partial charge in [-0.05, 0) is 80.0 Å². The number of hydrogen-bond acceptors (Lipinski definition) is 8. The molecule has 2 N–H and O–H groups in total. The molecule has 2 aliphatic carbocycles. The highest BCUT2D eigenvalue weighted by Gasteiger charge is 2.47. The van der Waals surface area contributed by atoms with E-state index in [0.717, 1.165) is 41.6 Å². The standard InChI is InChI=1S/C34H35ClN8O4S/c1-47-28-13-22(34(44)42-16-21-6-8-26(42)30(21)36)11-25-31(28)43(23-17-40(18-23)48(45,46)24-7-9-29(35)38-14-24)33(39-25)27-12-20-3-2-10-37-32(20)41(27)15-19-4-5-19/h2-3,7,9-14,19,21,23,26,30H,4-6,8,15-18,36H2,1H3/t21?,26?,30-/m1/s1. The van der Waals surface area contributed by atoms with Crippen molar-refractivity contribution in [2.45, 2.75) is 55.2 Å². The van der Waals surface area contributed by atoms with E-state index in [1.54, 1.807) is 19.4 Å². The van der Waals surface area contributed by atoms with Crippen LogP contribution in [0.15, 0.2) is 59.8 Å². The maximum absolute atomic E-state index is 13.9. The molecule has 4 aliphatic rings. The summed E-state index contributed by atoms with van der Waals surface area (Å²) >= 11 is 5.93. The van der Waals surface area contributed by atoms with Crippen molar-refractivity contribution < 1.29 is 17.9 Å². The summed E-state index contributed by atoms with van der Waals surface area (Å²) in [5, 5.41) is 1.23. The Hall–Kier alpha value is -4.04. The van der Waals surface area contributed by atoms with Crippen LogP contribution in [0.2, 0.25) is 5.15 Å². The number of carbonyl (C=O) groups is 1. The fourth-order valence-electron chi connectivity index (χ4n) is 7.91. The molecule has 1 aromatic carbocycles. The first-order valence-corrected chi connectivity index (χ1v) is 18.3. The van der Waals surface area contributed by atoms with Gasteiger partial charge in [0.25, 0.3) is 5.91 Å². The highest BCUT2D eigenvalue weighted by molar-refractivity contribution is 7.89. The van der Waals surface area contributed by atoms with Crippen molar-refractivity contribution in [3.05, 3.63) is 65.6 Å². The number of pyridine rings is 2. The Balaban J connectivity index is 1.17. The Labute approximate surface area is 282 Å². The molecule has 0 radical (unpaired) electrons. The SMILES string of the molecule is COc1cc(C(=O)N2CC3CCC2[C@@H]3N)cc2nc(-c3cc4cccnc4n3CC3CC3)n(C3CN(S(=O)(=O)c4ccc(Cl)nc4)C3)c12. The molecular weight excluding hydrogens is 652 g/mol. The number of ether oxygens (including phenoxy) is 1. The molecule has 9 rings (SSSR count). The number of carbonyl (C=O) groups excluding carboxylic acids is 1. The minimum absolute atomic E-state index is 0.00822. The van der Waals surface area contributed by atoms with Crippen molar-refractivity contribution in [3.8, 4) is 17.3 Å². The number of fused-ring (bicyclic) bond motifs is 4. The van der Waals surface area contributed by atoms with Crippen LogP contribution < -0.4 is 10.5 Å². The van der Waals surface area contributed by atoms with Gasteiger partial charge in [-0.2, -0.15) is 4.31 Å². The summed E-state index contributed by atoms with van der Waals surface area (Å²) < 4.78 is 38.8. The van der Waals surface area contributed by atoms with Gasteiger partial charge in [-0.25, -0.2) is 23.4 Å². The molecule has 2 aliphatic heterocycles. The minimum Gasteiger partial charge on any atom is -0.494 e. The Morgan fingerprint density at radius 2 is 1.90 bits per heavy atom. The fraction of sp³-hybridized carbons (Fsp3) is 0.412. The molecule has 2 bridgehead atoms. The number of piperidine rings is 1. The maximum Gasteiger partial charge on any atom is 0.254 e. The highest BCUT2D eigenvalue weighted by atomic mass is 35.5. The molecule has 0 spiro atoms. The van der Waals surface area contributed by atoms with Gasteiger partial charge in [0.05, 0.1) is 24.4 Å². The number of methoxy groups -OCH3 is 1. The van der Waals surface area contributed by atoms with Crippen LogP contribution in [0.1, 0.15) is 42.1 Å². The average molecular weight is 687 g/mol. The topological polar surface area (TPSA) is 141 Å². The van der Waals surface area contributed by atoms with Crippen LogP contribution in [0.5, 0.6) is 5.75 Å². The van der Waals surface area contributed by atoms with Gasteiger partial charge in [0.15, 0.2) is 5.82 Å². The highest BCUT2D eigenvalue weighted by Crippen LogP contribution is 2.43. The molecule has 248 valence electrons. The van der Waals surface area contributed by atoms with Crippen LogP contribution in [0.25, 0.3) is 33.6 Å². The molecule has 2 unspecified atom stereocenters. The number of halogens is 1. The van der Waals surface area contributed by atoms with Crippen LogP contribution in [0, 0.1) is 11.8 Å². The second-order valence-corrected chi connectivity index (χ2v) is 15.9. The monoisotopic (exact) mass is 686 g/mol. The van der Waals surface area contributed by atoms with Crippen molar-refractivity contribution in [1.82, 2.24) is 33.3 Å². The van der Waals surface area contributed by atoms with Gasteiger partial charge in [-0.1, -0.05) is 11.6 Å². The summed E-state index contributed by atoms with van der Waals surface area (Å²) in [4.78, 5) is 29.9. The lowest BCUT2D eigenvalue weighted by Gasteiger charge is -2.39. The number of amides is 1. The Morgan fingerprint density at radius 3 is 2.58 bits per heavy atom. The van der Waals surface area contributed by atoms with Crippen LogP contribution in [-0.2, 0) is 16.6 Å². The Morgan fingerprint density at radius 1 is 1.06 bits per heavy atom. The summed E-state index contributed by atoms with van der Waals surface area (Å²) in [5.41, 5.74) is 10.1. The average Bonchev–Trinajstić information content (AvgIpc) is 3.41. The van der Waals surface area contributed by atoms with Gasteiger partial charge in [0.2, 0.25) is 10.0 Å². The van der Waals surface area contributed by atoms with E-state index in [1.165, 1.54) is 35.5 Å². The first kappa shape index (κ1) is 30.1. The zero-order chi connectivity index (χ0) is 32.9. The van der Waals surface area contributed by atoms with E-state index in [1.807, 2.05) is 23.1 Å². The molecular formula is C34H35ClN8O4S.